The van der Waals surface area contributed by atoms with E-state index < -0.39 is 10.0 Å². The number of aromatic nitrogens is 3. The summed E-state index contributed by atoms with van der Waals surface area (Å²) in [5.41, 5.74) is 2.55. The molecule has 0 saturated carbocycles. The van der Waals surface area contributed by atoms with Gasteiger partial charge in [0.1, 0.15) is 11.9 Å². The van der Waals surface area contributed by atoms with Gasteiger partial charge in [-0.2, -0.15) is 4.31 Å². The number of thiophene rings is 1. The minimum absolute atomic E-state index is 0.0506. The van der Waals surface area contributed by atoms with Gasteiger partial charge in [0.2, 0.25) is 10.0 Å². The van der Waals surface area contributed by atoms with Crippen molar-refractivity contribution < 1.29 is 13.2 Å². The zero-order valence-electron chi connectivity index (χ0n) is 21.9. The van der Waals surface area contributed by atoms with E-state index in [1.807, 2.05) is 50.4 Å². The van der Waals surface area contributed by atoms with Gasteiger partial charge in [-0.1, -0.05) is 6.07 Å². The number of aryl methyl sites for hydroxylation is 1. The fourth-order valence-electron chi connectivity index (χ4n) is 4.80. The van der Waals surface area contributed by atoms with Crippen LogP contribution in [-0.4, -0.2) is 64.1 Å². The van der Waals surface area contributed by atoms with Crippen molar-refractivity contribution in [2.45, 2.75) is 32.5 Å². The SMILES string of the molecule is CC(Oc1cncc(-c2cn(C)c(=O)c3cc(CN4CCN(S(C)(=O)=O)CC4C)sc23)c1)c1ccccn1. The summed E-state index contributed by atoms with van der Waals surface area (Å²) in [5, 5.41) is 0.667. The maximum atomic E-state index is 13.0. The number of hydrogen-bond donors (Lipinski definition) is 0. The van der Waals surface area contributed by atoms with Crippen molar-refractivity contribution in [3.05, 3.63) is 76.0 Å². The fraction of sp³-hybridized carbons (Fsp3) is 0.370. The molecule has 2 unspecified atom stereocenters. The van der Waals surface area contributed by atoms with Gasteiger partial charge in [-0.25, -0.2) is 8.42 Å². The zero-order chi connectivity index (χ0) is 27.0. The third-order valence-corrected chi connectivity index (χ3v) is 9.32. The van der Waals surface area contributed by atoms with E-state index in [9.17, 15) is 13.2 Å². The summed E-state index contributed by atoms with van der Waals surface area (Å²) < 4.78 is 34.1. The lowest BCUT2D eigenvalue weighted by Crippen LogP contribution is -2.52. The molecule has 4 aromatic rings. The lowest BCUT2D eigenvalue weighted by molar-refractivity contribution is 0.123. The van der Waals surface area contributed by atoms with Gasteiger partial charge in [-0.15, -0.1) is 11.3 Å². The van der Waals surface area contributed by atoms with Gasteiger partial charge in [0.25, 0.3) is 5.56 Å². The van der Waals surface area contributed by atoms with Gasteiger partial charge in [0.15, 0.2) is 0 Å². The molecular formula is C27H31N5O4S2. The number of piperazine rings is 1. The average molecular weight is 554 g/mol. The van der Waals surface area contributed by atoms with Crippen LogP contribution in [0.3, 0.4) is 0 Å². The van der Waals surface area contributed by atoms with Crippen LogP contribution in [0.1, 0.15) is 30.5 Å². The molecule has 4 aromatic heterocycles. The highest BCUT2D eigenvalue weighted by molar-refractivity contribution is 7.88. The van der Waals surface area contributed by atoms with E-state index in [1.54, 1.807) is 41.5 Å². The van der Waals surface area contributed by atoms with Gasteiger partial charge < -0.3 is 9.30 Å². The Morgan fingerprint density at radius 3 is 2.74 bits per heavy atom. The molecule has 0 radical (unpaired) electrons. The lowest BCUT2D eigenvalue weighted by atomic mass is 10.1. The van der Waals surface area contributed by atoms with Gasteiger partial charge in [0.05, 0.1) is 23.5 Å². The molecule has 200 valence electrons. The predicted molar refractivity (Wildman–Crippen MR) is 150 cm³/mol. The second-order valence-corrected chi connectivity index (χ2v) is 12.9. The third-order valence-electron chi connectivity index (χ3n) is 6.90. The summed E-state index contributed by atoms with van der Waals surface area (Å²) >= 11 is 1.59. The average Bonchev–Trinajstić information content (AvgIpc) is 3.31. The highest BCUT2D eigenvalue weighted by Crippen LogP contribution is 2.35. The van der Waals surface area contributed by atoms with Crippen LogP contribution in [0.15, 0.2) is 59.9 Å². The molecule has 1 aliphatic heterocycles. The molecule has 11 heteroatoms. The monoisotopic (exact) mass is 553 g/mol. The standard InChI is InChI=1S/C27H31N5O4S2/c1-18-15-32(38(4,34)35)10-9-31(18)16-22-12-23-26(37-22)24(17-30(3)27(23)33)20-11-21(14-28-13-20)36-19(2)25-7-5-6-8-29-25/h5-8,11-14,17-19H,9-10,15-16H2,1-4H3. The van der Waals surface area contributed by atoms with Crippen molar-refractivity contribution in [1.82, 2.24) is 23.7 Å². The molecule has 0 amide bonds. The van der Waals surface area contributed by atoms with Crippen molar-refractivity contribution in [3.8, 4) is 16.9 Å². The summed E-state index contributed by atoms with van der Waals surface area (Å²) in [6.07, 6.45) is 8.06. The molecule has 9 nitrogen and oxygen atoms in total. The second kappa shape index (κ2) is 10.6. The first-order chi connectivity index (χ1) is 18.1. The Bertz CT molecular complexity index is 1620. The van der Waals surface area contributed by atoms with Crippen LogP contribution in [0.4, 0.5) is 0 Å². The van der Waals surface area contributed by atoms with Gasteiger partial charge >= 0.3 is 0 Å². The molecular weight excluding hydrogens is 522 g/mol. The Morgan fingerprint density at radius 2 is 2.03 bits per heavy atom. The molecule has 0 aromatic carbocycles. The number of pyridine rings is 3. The maximum Gasteiger partial charge on any atom is 0.259 e. The van der Waals surface area contributed by atoms with Crippen LogP contribution in [0.2, 0.25) is 0 Å². The van der Waals surface area contributed by atoms with Crippen molar-refractivity contribution >= 4 is 31.4 Å². The molecule has 1 aliphatic rings. The Hall–Kier alpha value is -3.12. The Kier molecular flexibility index (Phi) is 7.36. The number of nitrogens with zero attached hydrogens (tertiary/aromatic N) is 5. The molecule has 1 saturated heterocycles. The van der Waals surface area contributed by atoms with Crippen LogP contribution in [-0.2, 0) is 23.6 Å². The van der Waals surface area contributed by atoms with Crippen molar-refractivity contribution in [2.75, 3.05) is 25.9 Å². The number of ether oxygens (including phenoxy) is 1. The van der Waals surface area contributed by atoms with Crippen LogP contribution >= 0.6 is 11.3 Å². The second-order valence-electron chi connectivity index (χ2n) is 9.78. The minimum atomic E-state index is -3.20. The molecule has 1 fully saturated rings. The molecule has 5 heterocycles. The summed E-state index contributed by atoms with van der Waals surface area (Å²) in [4.78, 5) is 25.2. The quantitative estimate of drug-likeness (QED) is 0.345. The van der Waals surface area contributed by atoms with Crippen LogP contribution in [0, 0.1) is 0 Å². The molecule has 0 N–H and O–H groups in total. The molecule has 2 atom stereocenters. The third kappa shape index (κ3) is 5.51. The number of fused-ring (bicyclic) bond motifs is 1. The predicted octanol–water partition coefficient (Wildman–Crippen LogP) is 3.66. The van der Waals surface area contributed by atoms with E-state index in [0.717, 1.165) is 26.4 Å². The van der Waals surface area contributed by atoms with Gasteiger partial charge in [-0.05, 0) is 38.1 Å². The number of rotatable bonds is 7. The van der Waals surface area contributed by atoms with E-state index in [2.05, 4.69) is 14.9 Å². The van der Waals surface area contributed by atoms with E-state index >= 15 is 0 Å². The fourth-order valence-corrected chi connectivity index (χ4v) is 6.90. The summed E-state index contributed by atoms with van der Waals surface area (Å²) in [6, 6.07) is 9.71. The Balaban J connectivity index is 1.43. The Labute approximate surface area is 226 Å². The highest BCUT2D eigenvalue weighted by Gasteiger charge is 2.29. The molecule has 0 spiro atoms. The van der Waals surface area contributed by atoms with Gasteiger partial charge in [-0.3, -0.25) is 19.7 Å². The first-order valence-corrected chi connectivity index (χ1v) is 15.1. The van der Waals surface area contributed by atoms with Crippen molar-refractivity contribution in [2.24, 2.45) is 7.05 Å². The van der Waals surface area contributed by atoms with E-state index in [4.69, 9.17) is 4.74 Å². The highest BCUT2D eigenvalue weighted by atomic mass is 32.2. The van der Waals surface area contributed by atoms with Gasteiger partial charge in [0, 0.05) is 78.6 Å². The summed E-state index contributed by atoms with van der Waals surface area (Å²) in [5.74, 6) is 0.622. The first kappa shape index (κ1) is 26.5. The van der Waals surface area contributed by atoms with Crippen LogP contribution < -0.4 is 10.3 Å². The normalized spacial score (nSPS) is 18.1. The maximum absolute atomic E-state index is 13.0. The van der Waals surface area contributed by atoms with Crippen molar-refractivity contribution in [3.63, 3.8) is 0 Å². The first-order valence-electron chi connectivity index (χ1n) is 12.4. The van der Waals surface area contributed by atoms with E-state index in [1.165, 1.54) is 10.6 Å². The molecule has 5 rings (SSSR count). The summed E-state index contributed by atoms with van der Waals surface area (Å²) in [6.45, 7) is 6.22. The number of hydrogen-bond acceptors (Lipinski definition) is 8. The van der Waals surface area contributed by atoms with E-state index in [0.29, 0.717) is 37.3 Å². The molecule has 38 heavy (non-hydrogen) atoms. The Morgan fingerprint density at radius 1 is 1.21 bits per heavy atom. The zero-order valence-corrected chi connectivity index (χ0v) is 23.5. The van der Waals surface area contributed by atoms with Crippen molar-refractivity contribution in [1.29, 1.82) is 0 Å². The number of sulfonamides is 1. The minimum Gasteiger partial charge on any atom is -0.483 e. The lowest BCUT2D eigenvalue weighted by Gasteiger charge is -2.38. The van der Waals surface area contributed by atoms with Crippen LogP contribution in [0.25, 0.3) is 21.2 Å². The van der Waals surface area contributed by atoms with Crippen LogP contribution in [0.5, 0.6) is 5.75 Å². The summed E-state index contributed by atoms with van der Waals surface area (Å²) in [7, 11) is -1.45. The topological polar surface area (TPSA) is 97.6 Å². The molecule has 0 bridgehead atoms. The molecule has 0 aliphatic carbocycles. The largest absolute Gasteiger partial charge is 0.483 e. The van der Waals surface area contributed by atoms with E-state index in [-0.39, 0.29) is 17.7 Å². The smallest absolute Gasteiger partial charge is 0.259 e.